The van der Waals surface area contributed by atoms with Crippen LogP contribution in [0.3, 0.4) is 0 Å². The highest BCUT2D eigenvalue weighted by molar-refractivity contribution is 5.74. The predicted molar refractivity (Wildman–Crippen MR) is 74.6 cm³/mol. The summed E-state index contributed by atoms with van der Waals surface area (Å²) in [6.45, 7) is 2.07. The zero-order valence-electron chi connectivity index (χ0n) is 10.7. The summed E-state index contributed by atoms with van der Waals surface area (Å²) in [5.41, 5.74) is 4.02. The number of carbonyl (C=O) groups excluding carboxylic acids is 1. The molecular weight excluding hydrogens is 236 g/mol. The first-order valence-corrected chi connectivity index (χ1v) is 6.24. The first-order chi connectivity index (χ1) is 9.28. The Balaban J connectivity index is 2.05. The van der Waals surface area contributed by atoms with Crippen molar-refractivity contribution in [2.45, 2.75) is 13.3 Å². The summed E-state index contributed by atoms with van der Waals surface area (Å²) in [4.78, 5) is 15.5. The van der Waals surface area contributed by atoms with Crippen LogP contribution in [0.5, 0.6) is 0 Å². The lowest BCUT2D eigenvalue weighted by Gasteiger charge is -2.05. The zero-order chi connectivity index (χ0) is 13.2. The fraction of sp³-hybridized carbons (Fsp3) is 0.125. The first-order valence-electron chi connectivity index (χ1n) is 6.24. The molecule has 2 heterocycles. The van der Waals surface area contributed by atoms with Gasteiger partial charge in [-0.2, -0.15) is 0 Å². The topological polar surface area (TPSA) is 34.4 Å². The predicted octanol–water partition coefficient (Wildman–Crippen LogP) is 3.05. The summed E-state index contributed by atoms with van der Waals surface area (Å²) in [6.07, 6.45) is 3.39. The second-order valence-corrected chi connectivity index (χ2v) is 4.67. The number of benzene rings is 1. The number of fused-ring (bicyclic) bond motifs is 1. The van der Waals surface area contributed by atoms with Gasteiger partial charge in [0.2, 0.25) is 0 Å². The van der Waals surface area contributed by atoms with Crippen LogP contribution < -0.4 is 0 Å². The SMILES string of the molecule is Cc1ccc(Cc2ncc3cccc(C=O)n23)cc1. The molecule has 0 aliphatic carbocycles. The number of hydrogen-bond acceptors (Lipinski definition) is 2. The van der Waals surface area contributed by atoms with Crippen molar-refractivity contribution < 1.29 is 4.79 Å². The molecule has 1 aromatic carbocycles. The number of rotatable bonds is 3. The van der Waals surface area contributed by atoms with E-state index in [0.29, 0.717) is 5.69 Å². The Morgan fingerprint density at radius 1 is 1.16 bits per heavy atom. The maximum Gasteiger partial charge on any atom is 0.166 e. The smallest absolute Gasteiger partial charge is 0.166 e. The van der Waals surface area contributed by atoms with Gasteiger partial charge in [-0.1, -0.05) is 35.9 Å². The summed E-state index contributed by atoms with van der Waals surface area (Å²) in [5, 5.41) is 0. The Bertz CT molecular complexity index is 726. The fourth-order valence-electron chi connectivity index (χ4n) is 2.25. The number of nitrogens with zero attached hydrogens (tertiary/aromatic N) is 2. The molecule has 0 radical (unpaired) electrons. The van der Waals surface area contributed by atoms with Crippen molar-refractivity contribution in [3.8, 4) is 0 Å². The molecule has 19 heavy (non-hydrogen) atoms. The third-order valence-electron chi connectivity index (χ3n) is 3.26. The molecule has 3 heteroatoms. The van der Waals surface area contributed by atoms with Crippen LogP contribution in [0.4, 0.5) is 0 Å². The molecule has 0 N–H and O–H groups in total. The second kappa shape index (κ2) is 4.69. The van der Waals surface area contributed by atoms with E-state index in [0.717, 1.165) is 24.0 Å². The average Bonchev–Trinajstić information content (AvgIpc) is 2.85. The average molecular weight is 250 g/mol. The molecule has 0 aliphatic rings. The number of carbonyl (C=O) groups is 1. The number of pyridine rings is 1. The minimum atomic E-state index is 0.636. The van der Waals surface area contributed by atoms with Crippen molar-refractivity contribution in [3.05, 3.63) is 71.3 Å². The van der Waals surface area contributed by atoms with Crippen LogP contribution in [0.15, 0.2) is 48.7 Å². The van der Waals surface area contributed by atoms with Crippen molar-refractivity contribution in [1.82, 2.24) is 9.38 Å². The molecule has 0 aliphatic heterocycles. The van der Waals surface area contributed by atoms with E-state index in [1.54, 1.807) is 12.3 Å². The maximum atomic E-state index is 11.1. The van der Waals surface area contributed by atoms with Crippen molar-refractivity contribution in [2.24, 2.45) is 0 Å². The van der Waals surface area contributed by atoms with Gasteiger partial charge >= 0.3 is 0 Å². The van der Waals surface area contributed by atoms with Crippen molar-refractivity contribution in [3.63, 3.8) is 0 Å². The van der Waals surface area contributed by atoms with Crippen LogP contribution in [0.1, 0.15) is 27.4 Å². The molecule has 0 saturated heterocycles. The number of hydrogen-bond donors (Lipinski definition) is 0. The highest BCUT2D eigenvalue weighted by atomic mass is 16.1. The minimum absolute atomic E-state index is 0.636. The Morgan fingerprint density at radius 3 is 2.68 bits per heavy atom. The Morgan fingerprint density at radius 2 is 1.95 bits per heavy atom. The number of aldehydes is 1. The van der Waals surface area contributed by atoms with E-state index < -0.39 is 0 Å². The van der Waals surface area contributed by atoms with Gasteiger partial charge in [0.1, 0.15) is 5.82 Å². The van der Waals surface area contributed by atoms with Gasteiger partial charge in [0.15, 0.2) is 6.29 Å². The maximum absolute atomic E-state index is 11.1. The van der Waals surface area contributed by atoms with Gasteiger partial charge in [0, 0.05) is 6.42 Å². The molecule has 0 unspecified atom stereocenters. The van der Waals surface area contributed by atoms with Crippen LogP contribution in [0.25, 0.3) is 5.52 Å². The molecule has 2 aromatic heterocycles. The highest BCUT2D eigenvalue weighted by Crippen LogP contribution is 2.14. The lowest BCUT2D eigenvalue weighted by molar-refractivity contribution is 0.111. The summed E-state index contributed by atoms with van der Waals surface area (Å²) < 4.78 is 1.91. The summed E-state index contributed by atoms with van der Waals surface area (Å²) in [7, 11) is 0. The normalized spacial score (nSPS) is 10.8. The van der Waals surface area contributed by atoms with Gasteiger partial charge in [0.05, 0.1) is 17.4 Å². The molecule has 0 atom stereocenters. The quantitative estimate of drug-likeness (QED) is 0.669. The summed E-state index contributed by atoms with van der Waals surface area (Å²) >= 11 is 0. The fourth-order valence-corrected chi connectivity index (χ4v) is 2.25. The molecule has 3 nitrogen and oxygen atoms in total. The monoisotopic (exact) mass is 250 g/mol. The van der Waals surface area contributed by atoms with Crippen LogP contribution in [0, 0.1) is 6.92 Å². The third kappa shape index (κ3) is 2.15. The summed E-state index contributed by atoms with van der Waals surface area (Å²) in [5.74, 6) is 0.890. The largest absolute Gasteiger partial charge is 0.296 e. The Kier molecular flexibility index (Phi) is 2.88. The van der Waals surface area contributed by atoms with Crippen LogP contribution in [-0.2, 0) is 6.42 Å². The van der Waals surface area contributed by atoms with Crippen LogP contribution >= 0.6 is 0 Å². The van der Waals surface area contributed by atoms with E-state index in [2.05, 4.69) is 36.2 Å². The lowest BCUT2D eigenvalue weighted by atomic mass is 10.1. The first kappa shape index (κ1) is 11.7. The molecule has 3 rings (SSSR count). The summed E-state index contributed by atoms with van der Waals surface area (Å²) in [6, 6.07) is 14.0. The third-order valence-corrected chi connectivity index (χ3v) is 3.26. The Labute approximate surface area is 111 Å². The van der Waals surface area contributed by atoms with Crippen LogP contribution in [0.2, 0.25) is 0 Å². The molecule has 0 amide bonds. The van der Waals surface area contributed by atoms with Crippen LogP contribution in [-0.4, -0.2) is 15.7 Å². The number of imidazole rings is 1. The molecule has 0 spiro atoms. The Hall–Kier alpha value is -2.42. The molecule has 0 saturated carbocycles. The van der Waals surface area contributed by atoms with E-state index in [9.17, 15) is 4.79 Å². The van der Waals surface area contributed by atoms with E-state index in [-0.39, 0.29) is 0 Å². The zero-order valence-corrected chi connectivity index (χ0v) is 10.7. The van der Waals surface area contributed by atoms with Crippen molar-refractivity contribution >= 4 is 11.8 Å². The van der Waals surface area contributed by atoms with Gasteiger partial charge in [0.25, 0.3) is 0 Å². The van der Waals surface area contributed by atoms with Crippen molar-refractivity contribution in [1.29, 1.82) is 0 Å². The van der Waals surface area contributed by atoms with Gasteiger partial charge in [-0.3, -0.25) is 9.20 Å². The van der Waals surface area contributed by atoms with E-state index >= 15 is 0 Å². The number of aryl methyl sites for hydroxylation is 1. The lowest BCUT2D eigenvalue weighted by Crippen LogP contribution is -2.01. The van der Waals surface area contributed by atoms with E-state index in [4.69, 9.17) is 0 Å². The van der Waals surface area contributed by atoms with E-state index in [1.165, 1.54) is 11.1 Å². The van der Waals surface area contributed by atoms with Gasteiger partial charge in [-0.25, -0.2) is 4.98 Å². The van der Waals surface area contributed by atoms with Gasteiger partial charge in [-0.15, -0.1) is 0 Å². The van der Waals surface area contributed by atoms with Crippen molar-refractivity contribution in [2.75, 3.05) is 0 Å². The standard InChI is InChI=1S/C16H14N2O/c1-12-5-7-13(8-6-12)9-16-17-10-14-3-2-4-15(11-19)18(14)16/h2-8,10-11H,9H2,1H3. The van der Waals surface area contributed by atoms with Gasteiger partial charge in [-0.05, 0) is 24.6 Å². The molecular formula is C16H14N2O. The number of aromatic nitrogens is 2. The minimum Gasteiger partial charge on any atom is -0.296 e. The molecule has 94 valence electrons. The van der Waals surface area contributed by atoms with Gasteiger partial charge < -0.3 is 0 Å². The van der Waals surface area contributed by atoms with E-state index in [1.807, 2.05) is 16.5 Å². The second-order valence-electron chi connectivity index (χ2n) is 4.67. The molecule has 0 bridgehead atoms. The highest BCUT2D eigenvalue weighted by Gasteiger charge is 2.07. The molecule has 0 fully saturated rings. The molecule has 3 aromatic rings.